The van der Waals surface area contributed by atoms with Crippen LogP contribution in [0, 0.1) is 5.92 Å². The molecular formula is C26H41N5O. The number of hydrogen-bond acceptors (Lipinski definition) is 4. The van der Waals surface area contributed by atoms with Gasteiger partial charge in [0.2, 0.25) is 5.91 Å². The molecular weight excluding hydrogens is 398 g/mol. The van der Waals surface area contributed by atoms with Crippen molar-refractivity contribution in [2.45, 2.75) is 83.8 Å². The number of carbonyl (C=O) groups excluding carboxylic acids is 1. The highest BCUT2D eigenvalue weighted by Crippen LogP contribution is 2.37. The smallest absolute Gasteiger partial charge is 0.222 e. The zero-order chi connectivity index (χ0) is 22.9. The van der Waals surface area contributed by atoms with Crippen LogP contribution in [-0.4, -0.2) is 64.8 Å². The van der Waals surface area contributed by atoms with Crippen LogP contribution in [-0.2, 0) is 4.79 Å². The SMILES string of the molecule is CC(C)N1CCC(CC(=O)N2CCCC3(C2)Nc2ccccc2NC3=NC(C)(C)C)CC1. The summed E-state index contributed by atoms with van der Waals surface area (Å²) < 4.78 is 0. The maximum atomic E-state index is 13.4. The van der Waals surface area contributed by atoms with E-state index in [1.807, 2.05) is 6.07 Å². The molecule has 3 heterocycles. The lowest BCUT2D eigenvalue weighted by atomic mass is 9.84. The van der Waals surface area contributed by atoms with Gasteiger partial charge in [0.05, 0.1) is 23.5 Å². The molecule has 2 N–H and O–H groups in total. The highest BCUT2D eigenvalue weighted by atomic mass is 16.2. The molecule has 0 aromatic heterocycles. The maximum Gasteiger partial charge on any atom is 0.222 e. The summed E-state index contributed by atoms with van der Waals surface area (Å²) in [5.41, 5.74) is 1.61. The molecule has 3 aliphatic rings. The molecule has 6 heteroatoms. The van der Waals surface area contributed by atoms with E-state index < -0.39 is 0 Å². The molecule has 1 amide bonds. The molecule has 1 aromatic rings. The number of fused-ring (bicyclic) bond motifs is 1. The lowest BCUT2D eigenvalue weighted by molar-refractivity contribution is -0.134. The summed E-state index contributed by atoms with van der Waals surface area (Å²) in [6, 6.07) is 8.90. The van der Waals surface area contributed by atoms with Crippen LogP contribution >= 0.6 is 0 Å². The van der Waals surface area contributed by atoms with Gasteiger partial charge in [-0.05, 0) is 91.4 Å². The highest BCUT2D eigenvalue weighted by Gasteiger charge is 2.45. The molecule has 32 heavy (non-hydrogen) atoms. The molecule has 3 aliphatic heterocycles. The first-order valence-corrected chi connectivity index (χ1v) is 12.4. The number of amides is 1. The Morgan fingerprint density at radius 2 is 1.84 bits per heavy atom. The van der Waals surface area contributed by atoms with Gasteiger partial charge in [0.1, 0.15) is 11.4 Å². The van der Waals surface area contributed by atoms with Crippen molar-refractivity contribution in [1.82, 2.24) is 9.80 Å². The number of nitrogens with one attached hydrogen (secondary N) is 2. The number of carbonyl (C=O) groups is 1. The first-order chi connectivity index (χ1) is 15.2. The molecule has 176 valence electrons. The second kappa shape index (κ2) is 9.05. The third-order valence-corrected chi connectivity index (χ3v) is 7.14. The van der Waals surface area contributed by atoms with E-state index in [-0.39, 0.29) is 11.1 Å². The van der Waals surface area contributed by atoms with Gasteiger partial charge >= 0.3 is 0 Å². The van der Waals surface area contributed by atoms with E-state index in [1.54, 1.807) is 0 Å². The van der Waals surface area contributed by atoms with Gasteiger partial charge in [-0.25, -0.2) is 0 Å². The van der Waals surface area contributed by atoms with Gasteiger partial charge in [0, 0.05) is 19.0 Å². The largest absolute Gasteiger partial charge is 0.370 e. The van der Waals surface area contributed by atoms with Gasteiger partial charge in [0.25, 0.3) is 0 Å². The molecule has 1 atom stereocenters. The monoisotopic (exact) mass is 439 g/mol. The first kappa shape index (κ1) is 23.1. The fourth-order valence-electron chi connectivity index (χ4n) is 5.35. The molecule has 2 fully saturated rings. The number of para-hydroxylation sites is 2. The van der Waals surface area contributed by atoms with E-state index in [0.29, 0.717) is 30.8 Å². The van der Waals surface area contributed by atoms with Crippen LogP contribution in [0.4, 0.5) is 11.4 Å². The molecule has 0 bridgehead atoms. The molecule has 1 aromatic carbocycles. The van der Waals surface area contributed by atoms with Gasteiger partial charge in [-0.3, -0.25) is 9.79 Å². The van der Waals surface area contributed by atoms with Crippen molar-refractivity contribution < 1.29 is 4.79 Å². The Morgan fingerprint density at radius 3 is 2.50 bits per heavy atom. The van der Waals surface area contributed by atoms with Crippen molar-refractivity contribution in [3.63, 3.8) is 0 Å². The Labute approximate surface area is 193 Å². The third kappa shape index (κ3) is 5.11. The van der Waals surface area contributed by atoms with Crippen molar-refractivity contribution in [2.75, 3.05) is 36.8 Å². The second-order valence-electron chi connectivity index (χ2n) is 11.2. The Bertz CT molecular complexity index is 850. The van der Waals surface area contributed by atoms with E-state index >= 15 is 0 Å². The second-order valence-corrected chi connectivity index (χ2v) is 11.2. The summed E-state index contributed by atoms with van der Waals surface area (Å²) >= 11 is 0. The average Bonchev–Trinajstić information content (AvgIpc) is 2.74. The van der Waals surface area contributed by atoms with Crippen LogP contribution in [0.5, 0.6) is 0 Å². The molecule has 1 spiro atoms. The first-order valence-electron chi connectivity index (χ1n) is 12.4. The standard InChI is InChI=1S/C26H41N5O/c1-19(2)30-15-11-20(12-16-30)17-23(32)31-14-8-13-26(18-31)24(29-25(3,4)5)27-21-9-6-7-10-22(21)28-26/h6-7,9-10,19-20,28H,8,11-18H2,1-5H3,(H,27,29). The Morgan fingerprint density at radius 1 is 1.16 bits per heavy atom. The van der Waals surface area contributed by atoms with Crippen molar-refractivity contribution in [1.29, 1.82) is 0 Å². The summed E-state index contributed by atoms with van der Waals surface area (Å²) in [5.74, 6) is 1.78. The lowest BCUT2D eigenvalue weighted by Crippen LogP contribution is -2.63. The molecule has 0 radical (unpaired) electrons. The highest BCUT2D eigenvalue weighted by molar-refractivity contribution is 6.10. The summed E-state index contributed by atoms with van der Waals surface area (Å²) in [6.07, 6.45) is 4.90. The maximum absolute atomic E-state index is 13.4. The van der Waals surface area contributed by atoms with Gasteiger partial charge in [-0.15, -0.1) is 0 Å². The van der Waals surface area contributed by atoms with E-state index in [4.69, 9.17) is 4.99 Å². The van der Waals surface area contributed by atoms with Gasteiger partial charge in [-0.2, -0.15) is 0 Å². The summed E-state index contributed by atoms with van der Waals surface area (Å²) in [6.45, 7) is 14.7. The van der Waals surface area contributed by atoms with E-state index in [1.165, 1.54) is 0 Å². The zero-order valence-corrected chi connectivity index (χ0v) is 20.6. The van der Waals surface area contributed by atoms with Crippen LogP contribution in [0.3, 0.4) is 0 Å². The molecule has 1 unspecified atom stereocenters. The Kier molecular flexibility index (Phi) is 6.53. The third-order valence-electron chi connectivity index (χ3n) is 7.14. The van der Waals surface area contributed by atoms with Crippen LogP contribution in [0.2, 0.25) is 0 Å². The van der Waals surface area contributed by atoms with Gasteiger partial charge < -0.3 is 20.4 Å². The molecule has 6 nitrogen and oxygen atoms in total. The number of hydrogen-bond donors (Lipinski definition) is 2. The number of anilines is 2. The Hall–Kier alpha value is -2.08. The summed E-state index contributed by atoms with van der Waals surface area (Å²) in [5, 5.41) is 7.41. The molecule has 2 saturated heterocycles. The van der Waals surface area contributed by atoms with Crippen LogP contribution in [0.25, 0.3) is 0 Å². The molecule has 4 rings (SSSR count). The van der Waals surface area contributed by atoms with E-state index in [0.717, 1.165) is 62.5 Å². The van der Waals surface area contributed by atoms with Crippen LogP contribution in [0.1, 0.15) is 66.7 Å². The van der Waals surface area contributed by atoms with E-state index in [2.05, 4.69) is 73.3 Å². The summed E-state index contributed by atoms with van der Waals surface area (Å²) in [4.78, 5) is 23.1. The number of rotatable bonds is 3. The number of amidine groups is 1. The number of aliphatic imine (C=N–C) groups is 1. The van der Waals surface area contributed by atoms with Crippen LogP contribution in [0.15, 0.2) is 29.3 Å². The zero-order valence-electron chi connectivity index (χ0n) is 20.6. The number of piperidine rings is 2. The normalized spacial score (nSPS) is 26.2. The van der Waals surface area contributed by atoms with Crippen LogP contribution < -0.4 is 10.6 Å². The topological polar surface area (TPSA) is 60.0 Å². The predicted octanol–water partition coefficient (Wildman–Crippen LogP) is 4.59. The fraction of sp³-hybridized carbons (Fsp3) is 0.692. The summed E-state index contributed by atoms with van der Waals surface area (Å²) in [7, 11) is 0. The minimum Gasteiger partial charge on any atom is -0.370 e. The van der Waals surface area contributed by atoms with Gasteiger partial charge in [0.15, 0.2) is 0 Å². The van der Waals surface area contributed by atoms with E-state index in [9.17, 15) is 4.79 Å². The fourth-order valence-corrected chi connectivity index (χ4v) is 5.35. The lowest BCUT2D eigenvalue weighted by Gasteiger charge is -2.48. The molecule has 0 saturated carbocycles. The minimum absolute atomic E-state index is 0.194. The van der Waals surface area contributed by atoms with Crippen molar-refractivity contribution in [3.8, 4) is 0 Å². The average molecular weight is 440 g/mol. The molecule has 0 aliphatic carbocycles. The number of likely N-dealkylation sites (tertiary alicyclic amines) is 2. The van der Waals surface area contributed by atoms with Gasteiger partial charge in [-0.1, -0.05) is 12.1 Å². The number of benzene rings is 1. The Balaban J connectivity index is 1.49. The van der Waals surface area contributed by atoms with Crippen molar-refractivity contribution >= 4 is 23.1 Å². The number of nitrogens with zero attached hydrogens (tertiary/aromatic N) is 3. The van der Waals surface area contributed by atoms with Crippen molar-refractivity contribution in [3.05, 3.63) is 24.3 Å². The predicted molar refractivity (Wildman–Crippen MR) is 133 cm³/mol. The minimum atomic E-state index is -0.351. The quantitative estimate of drug-likeness (QED) is 0.723. The van der Waals surface area contributed by atoms with Crippen molar-refractivity contribution in [2.24, 2.45) is 10.9 Å².